The van der Waals surface area contributed by atoms with E-state index in [1.54, 1.807) is 12.1 Å². The minimum atomic E-state index is -0.348. The summed E-state index contributed by atoms with van der Waals surface area (Å²) in [5.74, 6) is -0.348. The molecule has 2 aromatic rings. The van der Waals surface area contributed by atoms with E-state index in [0.717, 1.165) is 18.7 Å². The van der Waals surface area contributed by atoms with E-state index in [-0.39, 0.29) is 22.9 Å². The van der Waals surface area contributed by atoms with Crippen LogP contribution >= 0.6 is 0 Å². The Balaban J connectivity index is 0.00000578. The summed E-state index contributed by atoms with van der Waals surface area (Å²) in [5.41, 5.74) is 2.29. The van der Waals surface area contributed by atoms with Crippen LogP contribution in [0.5, 0.6) is 0 Å². The summed E-state index contributed by atoms with van der Waals surface area (Å²) in [5, 5.41) is 18.3. The quantitative estimate of drug-likeness (QED) is 0.153. The van der Waals surface area contributed by atoms with E-state index < -0.39 is 0 Å². The average molecular weight is 548 g/mol. The Kier molecular flexibility index (Phi) is 13.5. The van der Waals surface area contributed by atoms with E-state index in [0.29, 0.717) is 40.4 Å². The van der Waals surface area contributed by atoms with Gasteiger partial charge in [0.2, 0.25) is 0 Å². The van der Waals surface area contributed by atoms with Crippen LogP contribution in [0.15, 0.2) is 75.0 Å². The number of halogens is 1. The van der Waals surface area contributed by atoms with Crippen LogP contribution < -0.4 is 0 Å². The molecule has 0 unspecified atom stereocenters. The summed E-state index contributed by atoms with van der Waals surface area (Å²) in [6.45, 7) is 10.9. The van der Waals surface area contributed by atoms with Gasteiger partial charge in [-0.3, -0.25) is 0 Å². The molecule has 0 saturated heterocycles. The van der Waals surface area contributed by atoms with Crippen molar-refractivity contribution in [1.29, 1.82) is 0 Å². The monoisotopic (exact) mass is 547 g/mol. The Morgan fingerprint density at radius 3 is 1.41 bits per heavy atom. The molecule has 0 fully saturated rings. The molecule has 0 bridgehead atoms. The van der Waals surface area contributed by atoms with Gasteiger partial charge in [0, 0.05) is 47.6 Å². The molecule has 10 heteroatoms. The van der Waals surface area contributed by atoms with E-state index in [4.69, 9.17) is 25.3 Å². The Bertz CT molecular complexity index is 1000. The van der Waals surface area contributed by atoms with Gasteiger partial charge in [-0.25, -0.2) is 4.39 Å². The number of rotatable bonds is 9. The number of benzene rings is 2. The Morgan fingerprint density at radius 1 is 0.647 bits per heavy atom. The first-order valence-electron chi connectivity index (χ1n) is 10.9. The van der Waals surface area contributed by atoms with Gasteiger partial charge in [-0.2, -0.15) is 10.2 Å². The normalized spacial score (nSPS) is 12.9. The molecular weight excluding hydrogens is 519 g/mol. The fourth-order valence-electron chi connectivity index (χ4n) is 2.99. The third-order valence-electron chi connectivity index (χ3n) is 4.93. The zero-order valence-corrected chi connectivity index (χ0v) is 22.3. The van der Waals surface area contributed by atoms with Crippen molar-refractivity contribution in [1.82, 2.24) is 9.80 Å². The molecule has 0 amide bonds. The molecule has 2 rings (SSSR count). The molecule has 0 atom stereocenters. The maximum absolute atomic E-state index is 13.6. The van der Waals surface area contributed by atoms with Crippen molar-refractivity contribution >= 4 is 47.0 Å². The second-order valence-electron chi connectivity index (χ2n) is 6.88. The largest absolute Gasteiger partial charge is 2.00 e. The maximum atomic E-state index is 13.6. The number of amidine groups is 2. The molecule has 6 nitrogen and oxygen atoms in total. The fraction of sp³-hybridized carbons (Fsp3) is 0.333. The molecule has 1 radical (unpaired) electrons. The van der Waals surface area contributed by atoms with Gasteiger partial charge in [0.25, 0.3) is 0 Å². The van der Waals surface area contributed by atoms with Crippen LogP contribution in [-0.2, 0) is 42.3 Å². The van der Waals surface area contributed by atoms with E-state index in [2.05, 4.69) is 20.4 Å². The smallest absolute Gasteiger partial charge is 0.741 e. The first-order valence-corrected chi connectivity index (χ1v) is 11.7. The van der Waals surface area contributed by atoms with Gasteiger partial charge in [0.05, 0.1) is 0 Å². The number of hydrogen-bond acceptors (Lipinski definition) is 6. The molecule has 0 aromatic heterocycles. The summed E-state index contributed by atoms with van der Waals surface area (Å²) in [6.07, 6.45) is 0. The SMILES string of the molecule is CCN(CC)/C([S-])=N/N=C(/C(=N/N=C(\[S-])N(CC)CC)c1ccc(F)cc1)c1ccccc1.[Cu+2]. The van der Waals surface area contributed by atoms with Gasteiger partial charge in [-0.1, -0.05) is 30.3 Å². The van der Waals surface area contributed by atoms with Gasteiger partial charge >= 0.3 is 17.1 Å². The van der Waals surface area contributed by atoms with Crippen molar-refractivity contribution in [3.8, 4) is 0 Å². The summed E-state index contributed by atoms with van der Waals surface area (Å²) in [7, 11) is 0. The molecule has 0 saturated carbocycles. The molecule has 0 aliphatic heterocycles. The Labute approximate surface area is 223 Å². The predicted molar refractivity (Wildman–Crippen MR) is 141 cm³/mol. The number of hydrogen-bond donors (Lipinski definition) is 0. The third-order valence-corrected chi connectivity index (χ3v) is 5.61. The Morgan fingerprint density at radius 2 is 1.03 bits per heavy atom. The molecule has 0 aliphatic carbocycles. The minimum absolute atomic E-state index is 0. The molecule has 0 N–H and O–H groups in total. The Hall–Kier alpha value is -2.39. The van der Waals surface area contributed by atoms with Crippen LogP contribution in [0.25, 0.3) is 0 Å². The molecule has 0 spiro atoms. The standard InChI is InChI=1S/C24H31FN6S2.Cu/c1-5-30(6-2)23(32)28-26-21(18-12-10-9-11-13-18)22(19-14-16-20(25)17-15-19)27-29-24(33)31(7-3)8-4;/h9-17H,5-8H2,1-4H3,(H,28,32)(H,29,33);/q;+2/p-2/b26-21+,27-22+;. The van der Waals surface area contributed by atoms with E-state index in [9.17, 15) is 4.39 Å². The van der Waals surface area contributed by atoms with Gasteiger partial charge in [0.15, 0.2) is 0 Å². The van der Waals surface area contributed by atoms with Gasteiger partial charge < -0.3 is 35.1 Å². The molecule has 0 heterocycles. The summed E-state index contributed by atoms with van der Waals surface area (Å²) >= 11 is 10.9. The summed E-state index contributed by atoms with van der Waals surface area (Å²) in [6, 6.07) is 15.5. The first kappa shape index (κ1) is 29.6. The van der Waals surface area contributed by atoms with Gasteiger partial charge in [0.1, 0.15) is 17.2 Å². The van der Waals surface area contributed by atoms with E-state index in [1.165, 1.54) is 12.1 Å². The zero-order valence-electron chi connectivity index (χ0n) is 19.7. The molecular formula is C24H29CuFN6S2. The van der Waals surface area contributed by atoms with Crippen molar-refractivity contribution in [3.63, 3.8) is 0 Å². The van der Waals surface area contributed by atoms with Crippen molar-refractivity contribution in [2.45, 2.75) is 27.7 Å². The summed E-state index contributed by atoms with van der Waals surface area (Å²) in [4.78, 5) is 3.84. The van der Waals surface area contributed by atoms with Crippen LogP contribution in [0.3, 0.4) is 0 Å². The second-order valence-corrected chi connectivity index (χ2v) is 7.61. The maximum Gasteiger partial charge on any atom is 2.00 e. The van der Waals surface area contributed by atoms with E-state index >= 15 is 0 Å². The van der Waals surface area contributed by atoms with Gasteiger partial charge in [-0.15, -0.1) is 10.2 Å². The molecule has 34 heavy (non-hydrogen) atoms. The van der Waals surface area contributed by atoms with Crippen molar-refractivity contribution in [3.05, 3.63) is 71.5 Å². The van der Waals surface area contributed by atoms with Crippen LogP contribution in [0, 0.1) is 5.82 Å². The van der Waals surface area contributed by atoms with Crippen molar-refractivity contribution < 1.29 is 21.5 Å². The number of nitrogens with zero attached hydrogens (tertiary/aromatic N) is 6. The van der Waals surface area contributed by atoms with Crippen LogP contribution in [0.2, 0.25) is 0 Å². The van der Waals surface area contributed by atoms with Crippen LogP contribution in [0.4, 0.5) is 4.39 Å². The molecule has 0 aliphatic rings. The first-order chi connectivity index (χ1) is 15.9. The predicted octanol–water partition coefficient (Wildman–Crippen LogP) is 4.42. The van der Waals surface area contributed by atoms with Crippen LogP contribution in [-0.4, -0.2) is 57.7 Å². The van der Waals surface area contributed by atoms with Gasteiger partial charge in [-0.05, 0) is 52.0 Å². The summed E-state index contributed by atoms with van der Waals surface area (Å²) < 4.78 is 13.6. The average Bonchev–Trinajstić information content (AvgIpc) is 2.84. The van der Waals surface area contributed by atoms with Crippen molar-refractivity contribution in [2.24, 2.45) is 20.4 Å². The van der Waals surface area contributed by atoms with E-state index in [1.807, 2.05) is 67.8 Å². The third kappa shape index (κ3) is 8.43. The topological polar surface area (TPSA) is 55.9 Å². The zero-order chi connectivity index (χ0) is 24.2. The van der Waals surface area contributed by atoms with Crippen molar-refractivity contribution in [2.75, 3.05) is 26.2 Å². The minimum Gasteiger partial charge on any atom is -0.741 e. The second kappa shape index (κ2) is 15.5. The molecule has 185 valence electrons. The molecule has 2 aromatic carbocycles. The fourth-order valence-corrected chi connectivity index (χ4v) is 3.59. The van der Waals surface area contributed by atoms with Crippen LogP contribution in [0.1, 0.15) is 38.8 Å².